The molecule has 0 aromatic heterocycles. The van der Waals surface area contributed by atoms with Crippen LogP contribution in [0.15, 0.2) is 60.0 Å². The van der Waals surface area contributed by atoms with Crippen LogP contribution < -0.4 is 15.4 Å². The molecule has 5 rings (SSSR count). The predicted molar refractivity (Wildman–Crippen MR) is 179 cm³/mol. The number of piperidine rings is 1. The molecular weight excluding hydrogens is 638 g/mol. The largest absolute Gasteiger partial charge is 0.488 e. The van der Waals surface area contributed by atoms with Crippen molar-refractivity contribution in [3.8, 4) is 11.8 Å². The first-order valence-corrected chi connectivity index (χ1v) is 17.0. The molecule has 1 fully saturated rings. The maximum atomic E-state index is 15.3. The fourth-order valence-electron chi connectivity index (χ4n) is 6.19. The second-order valence-corrected chi connectivity index (χ2v) is 14.7. The van der Waals surface area contributed by atoms with Crippen LogP contribution in [0.5, 0.6) is 5.75 Å². The van der Waals surface area contributed by atoms with Crippen molar-refractivity contribution >= 4 is 35.2 Å². The quantitative estimate of drug-likeness (QED) is 0.289. The van der Waals surface area contributed by atoms with Crippen molar-refractivity contribution in [1.82, 2.24) is 4.90 Å². The molecule has 2 aromatic carbocycles. The van der Waals surface area contributed by atoms with Gasteiger partial charge >= 0.3 is 5.97 Å². The van der Waals surface area contributed by atoms with Gasteiger partial charge in [-0.3, -0.25) is 14.4 Å². The number of primary amides is 1. The molecule has 2 heterocycles. The van der Waals surface area contributed by atoms with E-state index in [4.69, 9.17) is 20.5 Å². The van der Waals surface area contributed by atoms with Gasteiger partial charge in [0, 0.05) is 53.1 Å². The second kappa shape index (κ2) is 14.8. The minimum atomic E-state index is -1.01. The van der Waals surface area contributed by atoms with Crippen molar-refractivity contribution < 1.29 is 32.6 Å². The lowest BCUT2D eigenvalue weighted by molar-refractivity contribution is -0.155. The second-order valence-electron chi connectivity index (χ2n) is 13.2. The Balaban J connectivity index is 1.14. The number of ether oxygens (including phenoxy) is 2. The lowest BCUT2D eigenvalue weighted by atomic mass is 10.1. The molecule has 0 radical (unpaired) electrons. The number of nitriles is 1. The van der Waals surface area contributed by atoms with Crippen molar-refractivity contribution in [1.29, 1.82) is 5.26 Å². The zero-order valence-electron chi connectivity index (χ0n) is 27.3. The molecule has 2 N–H and O–H groups in total. The van der Waals surface area contributed by atoms with Crippen molar-refractivity contribution in [2.24, 2.45) is 5.73 Å². The van der Waals surface area contributed by atoms with Crippen LogP contribution >= 0.6 is 11.8 Å². The number of benzene rings is 2. The van der Waals surface area contributed by atoms with E-state index in [9.17, 15) is 18.8 Å². The van der Waals surface area contributed by atoms with Gasteiger partial charge < -0.3 is 25.0 Å². The molecule has 2 aromatic rings. The van der Waals surface area contributed by atoms with Gasteiger partial charge in [-0.05, 0) is 70.4 Å². The molecular formula is C36H40F2N4O5S. The van der Waals surface area contributed by atoms with Gasteiger partial charge in [0.05, 0.1) is 23.9 Å². The van der Waals surface area contributed by atoms with Crippen LogP contribution in [0.3, 0.4) is 0 Å². The van der Waals surface area contributed by atoms with Gasteiger partial charge in [-0.2, -0.15) is 17.0 Å². The minimum Gasteiger partial charge on any atom is -0.488 e. The smallest absolute Gasteiger partial charge is 0.306 e. The number of nitrogens with zero attached hydrogens (tertiary/aromatic N) is 3. The zero-order valence-corrected chi connectivity index (χ0v) is 28.2. The highest BCUT2D eigenvalue weighted by Gasteiger charge is 2.37. The summed E-state index contributed by atoms with van der Waals surface area (Å²) in [5.74, 6) is -1.84. The lowest BCUT2D eigenvalue weighted by Gasteiger charge is -2.35. The molecule has 2 atom stereocenters. The van der Waals surface area contributed by atoms with Crippen LogP contribution in [0.2, 0.25) is 0 Å². The molecule has 254 valence electrons. The number of hydrogen-bond donors (Lipinski definition) is 1. The van der Waals surface area contributed by atoms with Crippen LogP contribution in [0.4, 0.5) is 14.5 Å². The summed E-state index contributed by atoms with van der Waals surface area (Å²) < 4.78 is 41.2. The number of hydrogen-bond acceptors (Lipinski definition) is 8. The first kappa shape index (κ1) is 35.0. The van der Waals surface area contributed by atoms with Crippen LogP contribution in [0.1, 0.15) is 74.4 Å². The lowest BCUT2D eigenvalue weighted by Crippen LogP contribution is -2.45. The van der Waals surface area contributed by atoms with Crippen LogP contribution in [0.25, 0.3) is 0 Å². The number of rotatable bonds is 11. The third-order valence-corrected chi connectivity index (χ3v) is 10.1. The molecule has 3 aliphatic rings. The summed E-state index contributed by atoms with van der Waals surface area (Å²) in [5.41, 5.74) is 7.14. The van der Waals surface area contributed by atoms with E-state index in [0.29, 0.717) is 52.0 Å². The Morgan fingerprint density at radius 2 is 1.92 bits per heavy atom. The van der Waals surface area contributed by atoms with Gasteiger partial charge in [-0.1, -0.05) is 18.2 Å². The van der Waals surface area contributed by atoms with E-state index in [1.165, 1.54) is 11.0 Å². The molecule has 1 saturated heterocycles. The number of anilines is 1. The summed E-state index contributed by atoms with van der Waals surface area (Å²) in [7, 11) is 0. The number of fused-ring (bicyclic) bond motifs is 1. The monoisotopic (exact) mass is 678 g/mol. The fourth-order valence-corrected chi connectivity index (χ4v) is 7.58. The highest BCUT2D eigenvalue weighted by Crippen LogP contribution is 2.37. The fraction of sp³-hybridized carbons (Fsp3) is 0.444. The maximum Gasteiger partial charge on any atom is 0.306 e. The number of allylic oxidation sites excluding steroid dienone is 1. The molecule has 1 aliphatic carbocycles. The Bertz CT molecular complexity index is 1670. The number of esters is 1. The highest BCUT2D eigenvalue weighted by molar-refractivity contribution is 8.00. The number of carbonyl (C=O) groups excluding carboxylic acids is 3. The topological polar surface area (TPSA) is 126 Å². The molecule has 9 nitrogen and oxygen atoms in total. The van der Waals surface area contributed by atoms with Crippen LogP contribution in [-0.4, -0.2) is 64.5 Å². The van der Waals surface area contributed by atoms with Gasteiger partial charge in [-0.25, -0.2) is 8.78 Å². The number of carbonyl (C=O) groups is 3. The van der Waals surface area contributed by atoms with E-state index < -0.39 is 29.3 Å². The molecule has 2 amide bonds. The third-order valence-electron chi connectivity index (χ3n) is 8.55. The molecule has 0 saturated carbocycles. The van der Waals surface area contributed by atoms with Gasteiger partial charge in [0.2, 0.25) is 5.91 Å². The van der Waals surface area contributed by atoms with E-state index in [2.05, 4.69) is 0 Å². The van der Waals surface area contributed by atoms with E-state index in [0.717, 1.165) is 12.8 Å². The third kappa shape index (κ3) is 8.37. The van der Waals surface area contributed by atoms with Crippen molar-refractivity contribution in [3.63, 3.8) is 0 Å². The first-order valence-electron chi connectivity index (χ1n) is 16.1. The Morgan fingerprint density at radius 3 is 2.56 bits per heavy atom. The normalized spacial score (nSPS) is 18.8. The van der Waals surface area contributed by atoms with Crippen LogP contribution in [-0.2, 0) is 20.9 Å². The van der Waals surface area contributed by atoms with E-state index >= 15 is 4.39 Å². The summed E-state index contributed by atoms with van der Waals surface area (Å²) in [5, 5.41) is 9.27. The zero-order chi connectivity index (χ0) is 34.6. The average Bonchev–Trinajstić information content (AvgIpc) is 3.36. The Hall–Kier alpha value is -4.37. The summed E-state index contributed by atoms with van der Waals surface area (Å²) in [4.78, 5) is 41.2. The molecule has 2 aliphatic heterocycles. The summed E-state index contributed by atoms with van der Waals surface area (Å²) >= 11 is 1.72. The molecule has 12 heteroatoms. The Labute approximate surface area is 283 Å². The van der Waals surface area contributed by atoms with E-state index in [1.807, 2.05) is 17.0 Å². The summed E-state index contributed by atoms with van der Waals surface area (Å²) in [6.07, 6.45) is 5.59. The average molecular weight is 679 g/mol. The Kier molecular flexibility index (Phi) is 10.8. The summed E-state index contributed by atoms with van der Waals surface area (Å²) in [6.45, 7) is 6.64. The number of halogens is 2. The minimum absolute atomic E-state index is 0.0248. The predicted octanol–water partition coefficient (Wildman–Crippen LogP) is 5.96. The molecule has 1 unspecified atom stereocenters. The number of thioether (sulfide) groups is 1. The van der Waals surface area contributed by atoms with Crippen molar-refractivity contribution in [2.45, 2.75) is 81.6 Å². The Morgan fingerprint density at radius 1 is 1.17 bits per heavy atom. The standard InChI is InChI=1S/C36H40F2N4O5S/c1-36(2,3)47-33(43)12-11-31(34(40)44)42-20-27-26(35(42)45)5-4-6-32(27)46-21-23-8-9-25(18-28(23)37)48-24-13-15-41(16-14-24)30-10-7-22(19-39)17-29(30)38/h4-10,17,24-25,31H,11-16,18,20-21H2,1-3H3,(H2,40,44)/t25?,31-/m1/s1. The van der Waals surface area contributed by atoms with Gasteiger partial charge in [0.25, 0.3) is 5.91 Å². The molecule has 0 bridgehead atoms. The highest BCUT2D eigenvalue weighted by atomic mass is 32.2. The number of nitrogens with two attached hydrogens (primary N) is 1. The maximum absolute atomic E-state index is 15.3. The van der Waals surface area contributed by atoms with Gasteiger partial charge in [0.15, 0.2) is 0 Å². The van der Waals surface area contributed by atoms with Crippen molar-refractivity contribution in [3.05, 3.63) is 82.5 Å². The SMILES string of the molecule is CC(C)(C)OC(=O)CC[C@H](C(N)=O)N1Cc2c(OCC3=C(F)CC(SC4CCN(c5ccc(C#N)cc5F)CC4)C=C3)cccc2C1=O. The van der Waals surface area contributed by atoms with Crippen molar-refractivity contribution in [2.75, 3.05) is 24.6 Å². The van der Waals surface area contributed by atoms with Gasteiger partial charge in [0.1, 0.15) is 35.6 Å². The van der Waals surface area contributed by atoms with Crippen LogP contribution in [0, 0.1) is 17.1 Å². The molecule has 48 heavy (non-hydrogen) atoms. The van der Waals surface area contributed by atoms with E-state index in [1.54, 1.807) is 68.9 Å². The number of amides is 2. The van der Waals surface area contributed by atoms with E-state index in [-0.39, 0.29) is 49.4 Å². The summed E-state index contributed by atoms with van der Waals surface area (Å²) in [6, 6.07) is 10.5. The molecule has 0 spiro atoms. The first-order chi connectivity index (χ1) is 22.8. The van der Waals surface area contributed by atoms with Gasteiger partial charge in [-0.15, -0.1) is 0 Å².